The highest BCUT2D eigenvalue weighted by atomic mass is 35.5. The van der Waals surface area contributed by atoms with Crippen molar-refractivity contribution in [2.75, 3.05) is 17.7 Å². The summed E-state index contributed by atoms with van der Waals surface area (Å²) in [5.41, 5.74) is 4.34. The van der Waals surface area contributed by atoms with Gasteiger partial charge in [0.25, 0.3) is 0 Å². The van der Waals surface area contributed by atoms with Crippen LogP contribution in [0.2, 0.25) is 10.0 Å². The quantitative estimate of drug-likeness (QED) is 0.173. The highest BCUT2D eigenvalue weighted by molar-refractivity contribution is 7.99. The van der Waals surface area contributed by atoms with E-state index in [1.54, 1.807) is 18.2 Å². The van der Waals surface area contributed by atoms with Crippen molar-refractivity contribution in [3.05, 3.63) is 68.8 Å². The molecule has 188 valence electrons. The van der Waals surface area contributed by atoms with Gasteiger partial charge in [0.15, 0.2) is 10.3 Å². The molecule has 0 aliphatic rings. The average Bonchev–Trinajstić information content (AvgIpc) is 3.45. The van der Waals surface area contributed by atoms with Crippen LogP contribution in [0.1, 0.15) is 23.4 Å². The van der Waals surface area contributed by atoms with Crippen LogP contribution in [-0.4, -0.2) is 38.0 Å². The van der Waals surface area contributed by atoms with E-state index < -0.39 is 0 Å². The van der Waals surface area contributed by atoms with Crippen molar-refractivity contribution in [1.29, 1.82) is 0 Å². The van der Waals surface area contributed by atoms with Crippen LogP contribution in [-0.2, 0) is 18.3 Å². The van der Waals surface area contributed by atoms with Gasteiger partial charge in [0, 0.05) is 29.4 Å². The van der Waals surface area contributed by atoms with Crippen LogP contribution in [0, 0.1) is 13.8 Å². The smallest absolute Gasteiger partial charge is 0.236 e. The molecular weight excluding hydrogens is 537 g/mol. The van der Waals surface area contributed by atoms with Gasteiger partial charge in [-0.3, -0.25) is 4.79 Å². The molecule has 0 radical (unpaired) electrons. The predicted molar refractivity (Wildman–Crippen MR) is 148 cm³/mol. The number of halogens is 2. The minimum absolute atomic E-state index is 0.140. The fourth-order valence-electron chi connectivity index (χ4n) is 3.34. The number of nitrogens with zero attached hydrogens (tertiary/aromatic N) is 4. The van der Waals surface area contributed by atoms with E-state index in [1.165, 1.54) is 34.2 Å². The number of thioether (sulfide) groups is 1. The van der Waals surface area contributed by atoms with Crippen LogP contribution in [0.5, 0.6) is 5.75 Å². The maximum absolute atomic E-state index is 12.5. The van der Waals surface area contributed by atoms with Crippen LogP contribution in [0.3, 0.4) is 0 Å². The number of hydrogen-bond acceptors (Lipinski definition) is 7. The molecule has 0 atom stereocenters. The molecule has 4 rings (SSSR count). The van der Waals surface area contributed by atoms with Gasteiger partial charge in [-0.2, -0.15) is 0 Å². The monoisotopic (exact) mass is 561 g/mol. The van der Waals surface area contributed by atoms with Crippen molar-refractivity contribution in [2.45, 2.75) is 31.8 Å². The first-order chi connectivity index (χ1) is 17.3. The van der Waals surface area contributed by atoms with Crippen molar-refractivity contribution >= 4 is 57.3 Å². The Kier molecular flexibility index (Phi) is 8.90. The molecule has 0 unspecified atom stereocenters. The van der Waals surface area contributed by atoms with Crippen LogP contribution in [0.4, 0.5) is 5.13 Å². The van der Waals surface area contributed by atoms with Gasteiger partial charge in [0.05, 0.1) is 23.1 Å². The van der Waals surface area contributed by atoms with Gasteiger partial charge >= 0.3 is 0 Å². The number of carbonyl (C=O) groups is 1. The van der Waals surface area contributed by atoms with Gasteiger partial charge in [0.2, 0.25) is 5.91 Å². The third-order valence-corrected chi connectivity index (χ3v) is 7.82. The van der Waals surface area contributed by atoms with E-state index in [1.807, 2.05) is 23.1 Å². The number of aryl methyl sites for hydroxylation is 3. The summed E-state index contributed by atoms with van der Waals surface area (Å²) in [4.78, 5) is 17.0. The maximum atomic E-state index is 12.5. The fraction of sp³-hybridized carbons (Fsp3) is 0.280. The number of aromatic nitrogens is 4. The third-order valence-electron chi connectivity index (χ3n) is 5.51. The lowest BCUT2D eigenvalue weighted by Crippen LogP contribution is -2.14. The molecule has 0 aliphatic heterocycles. The molecule has 0 saturated heterocycles. The molecule has 1 amide bonds. The number of ether oxygens (including phenoxy) is 1. The van der Waals surface area contributed by atoms with Crippen molar-refractivity contribution in [1.82, 2.24) is 19.7 Å². The maximum Gasteiger partial charge on any atom is 0.236 e. The summed E-state index contributed by atoms with van der Waals surface area (Å²) in [6.45, 7) is 4.64. The molecule has 0 aliphatic carbocycles. The summed E-state index contributed by atoms with van der Waals surface area (Å²) < 4.78 is 7.62. The molecule has 2 aromatic carbocycles. The Hall–Kier alpha value is -2.59. The summed E-state index contributed by atoms with van der Waals surface area (Å²) in [6, 6.07) is 11.4. The fourth-order valence-corrected chi connectivity index (χ4v) is 5.27. The average molecular weight is 563 g/mol. The number of rotatable bonds is 10. The minimum atomic E-state index is -0.140. The van der Waals surface area contributed by atoms with E-state index in [0.717, 1.165) is 23.5 Å². The van der Waals surface area contributed by atoms with E-state index >= 15 is 0 Å². The molecule has 1 N–H and O–H groups in total. The molecule has 2 heterocycles. The first-order valence-electron chi connectivity index (χ1n) is 11.2. The molecule has 11 heteroatoms. The summed E-state index contributed by atoms with van der Waals surface area (Å²) in [6.07, 6.45) is 1.42. The summed E-state index contributed by atoms with van der Waals surface area (Å²) in [5, 5.41) is 15.6. The van der Waals surface area contributed by atoms with Gasteiger partial charge < -0.3 is 14.6 Å². The lowest BCUT2D eigenvalue weighted by atomic mass is 10.1. The molecule has 0 fully saturated rings. The Balaban J connectivity index is 1.23. The first-order valence-corrected chi connectivity index (χ1v) is 13.8. The second kappa shape index (κ2) is 12.1. The van der Waals surface area contributed by atoms with E-state index in [0.29, 0.717) is 39.1 Å². The number of hydrogen-bond donors (Lipinski definition) is 1. The van der Waals surface area contributed by atoms with Crippen LogP contribution < -0.4 is 10.1 Å². The Morgan fingerprint density at radius 1 is 1.14 bits per heavy atom. The van der Waals surface area contributed by atoms with Crippen LogP contribution in [0.15, 0.2) is 46.9 Å². The van der Waals surface area contributed by atoms with Crippen molar-refractivity contribution in [3.63, 3.8) is 0 Å². The molecule has 0 bridgehead atoms. The van der Waals surface area contributed by atoms with Gasteiger partial charge in [-0.05, 0) is 55.7 Å². The second-order valence-corrected chi connectivity index (χ2v) is 10.8. The Labute approximate surface area is 228 Å². The molecule has 7 nitrogen and oxygen atoms in total. The Morgan fingerprint density at radius 3 is 2.75 bits per heavy atom. The highest BCUT2D eigenvalue weighted by Gasteiger charge is 2.13. The van der Waals surface area contributed by atoms with E-state index in [4.69, 9.17) is 27.9 Å². The lowest BCUT2D eigenvalue weighted by molar-refractivity contribution is -0.113. The number of amides is 1. The topological polar surface area (TPSA) is 81.9 Å². The van der Waals surface area contributed by atoms with E-state index in [-0.39, 0.29) is 11.7 Å². The molecule has 0 spiro atoms. The minimum Gasteiger partial charge on any atom is -0.492 e. The summed E-state index contributed by atoms with van der Waals surface area (Å²) in [7, 11) is 1.89. The standard InChI is InChI=1S/C25H25Cl2N5O2S2/c1-15-6-7-17(11-16(15)2)20-13-35-24(28-20)29-23(33)14-36-25-31-30-22(32(25)3)5-4-10-34-21-9-8-18(26)12-19(21)27/h6-9,11-13H,4-5,10,14H2,1-3H3,(H,28,29,33). The molecular formula is C25H25Cl2N5O2S2. The Bertz CT molecular complexity index is 1370. The zero-order chi connectivity index (χ0) is 25.7. The number of nitrogens with one attached hydrogen (secondary N) is 1. The first kappa shape index (κ1) is 26.5. The third kappa shape index (κ3) is 6.79. The largest absolute Gasteiger partial charge is 0.492 e. The van der Waals surface area contributed by atoms with E-state index in [9.17, 15) is 4.79 Å². The molecule has 0 saturated carbocycles. The lowest BCUT2D eigenvalue weighted by Gasteiger charge is -2.08. The summed E-state index contributed by atoms with van der Waals surface area (Å²) in [5.74, 6) is 1.49. The van der Waals surface area contributed by atoms with Gasteiger partial charge in [-0.15, -0.1) is 21.5 Å². The zero-order valence-electron chi connectivity index (χ0n) is 20.0. The number of benzene rings is 2. The van der Waals surface area contributed by atoms with Crippen molar-refractivity contribution in [2.24, 2.45) is 7.05 Å². The second-order valence-electron chi connectivity index (χ2n) is 8.16. The molecule has 36 heavy (non-hydrogen) atoms. The van der Waals surface area contributed by atoms with Gasteiger partial charge in [-0.25, -0.2) is 4.98 Å². The highest BCUT2D eigenvalue weighted by Crippen LogP contribution is 2.28. The van der Waals surface area contributed by atoms with Crippen LogP contribution >= 0.6 is 46.3 Å². The van der Waals surface area contributed by atoms with Crippen LogP contribution in [0.25, 0.3) is 11.3 Å². The van der Waals surface area contributed by atoms with Crippen molar-refractivity contribution in [3.8, 4) is 17.0 Å². The van der Waals surface area contributed by atoms with E-state index in [2.05, 4.69) is 46.5 Å². The van der Waals surface area contributed by atoms with Crippen molar-refractivity contribution < 1.29 is 9.53 Å². The predicted octanol–water partition coefficient (Wildman–Crippen LogP) is 6.60. The summed E-state index contributed by atoms with van der Waals surface area (Å²) >= 11 is 14.8. The molecule has 2 aromatic heterocycles. The normalized spacial score (nSPS) is 11.0. The SMILES string of the molecule is Cc1ccc(-c2csc(NC(=O)CSc3nnc(CCCOc4ccc(Cl)cc4Cl)n3C)n2)cc1C. The Morgan fingerprint density at radius 2 is 1.97 bits per heavy atom. The number of anilines is 1. The zero-order valence-corrected chi connectivity index (χ0v) is 23.2. The number of carbonyl (C=O) groups excluding carboxylic acids is 1. The van der Waals surface area contributed by atoms with Gasteiger partial charge in [-0.1, -0.05) is 47.1 Å². The number of thiazole rings is 1. The van der Waals surface area contributed by atoms with Gasteiger partial charge in [0.1, 0.15) is 11.6 Å². The molecule has 4 aromatic rings.